The standard InChI is InChI=1S/C10H12N2O4S2/c1-17(13,14)7-6-11-10-8-4-2-3-5-9(8)18(15,16)12-10/h2-5H,6-7H2,1H3,(H,11,12). The van der Waals surface area contributed by atoms with Crippen LogP contribution in [0.5, 0.6) is 0 Å². The molecule has 1 aliphatic rings. The van der Waals surface area contributed by atoms with Crippen LogP contribution in [0.4, 0.5) is 0 Å². The first-order chi connectivity index (χ1) is 8.30. The van der Waals surface area contributed by atoms with Crippen molar-refractivity contribution in [3.05, 3.63) is 29.8 Å². The Kier molecular flexibility index (Phi) is 3.16. The van der Waals surface area contributed by atoms with E-state index in [1.807, 2.05) is 0 Å². The van der Waals surface area contributed by atoms with Crippen molar-refractivity contribution in [2.24, 2.45) is 4.99 Å². The van der Waals surface area contributed by atoms with Crippen LogP contribution in [-0.2, 0) is 19.9 Å². The first-order valence-corrected chi connectivity index (χ1v) is 8.68. The number of hydrogen-bond donors (Lipinski definition) is 1. The van der Waals surface area contributed by atoms with Crippen LogP contribution < -0.4 is 4.72 Å². The summed E-state index contributed by atoms with van der Waals surface area (Å²) < 4.78 is 47.7. The molecular formula is C10H12N2O4S2. The van der Waals surface area contributed by atoms with Crippen molar-refractivity contribution in [3.8, 4) is 0 Å². The number of hydrogen-bond acceptors (Lipinski definition) is 5. The van der Waals surface area contributed by atoms with Gasteiger partial charge in [-0.15, -0.1) is 0 Å². The van der Waals surface area contributed by atoms with Crippen LogP contribution in [0.15, 0.2) is 34.2 Å². The first kappa shape index (κ1) is 13.0. The Balaban J connectivity index is 2.31. The highest BCUT2D eigenvalue weighted by atomic mass is 32.2. The average molecular weight is 288 g/mol. The molecular weight excluding hydrogens is 276 g/mol. The molecule has 2 rings (SSSR count). The van der Waals surface area contributed by atoms with E-state index < -0.39 is 19.9 Å². The van der Waals surface area contributed by atoms with Crippen molar-refractivity contribution in [2.75, 3.05) is 18.6 Å². The van der Waals surface area contributed by atoms with Crippen LogP contribution >= 0.6 is 0 Å². The number of fused-ring (bicyclic) bond motifs is 1. The highest BCUT2D eigenvalue weighted by Gasteiger charge is 2.29. The van der Waals surface area contributed by atoms with E-state index in [0.29, 0.717) is 5.56 Å². The first-order valence-electron chi connectivity index (χ1n) is 5.14. The van der Waals surface area contributed by atoms with Gasteiger partial charge in [0.2, 0.25) is 0 Å². The van der Waals surface area contributed by atoms with Crippen LogP contribution in [0.25, 0.3) is 0 Å². The van der Waals surface area contributed by atoms with Crippen molar-refractivity contribution in [1.29, 1.82) is 0 Å². The van der Waals surface area contributed by atoms with Crippen molar-refractivity contribution in [2.45, 2.75) is 4.90 Å². The molecule has 8 heteroatoms. The number of nitrogens with zero attached hydrogens (tertiary/aromatic N) is 1. The Morgan fingerprint density at radius 1 is 1.28 bits per heavy atom. The molecule has 0 radical (unpaired) electrons. The molecule has 18 heavy (non-hydrogen) atoms. The van der Waals surface area contributed by atoms with Gasteiger partial charge in [-0.3, -0.25) is 9.71 Å². The molecule has 0 aromatic heterocycles. The van der Waals surface area contributed by atoms with Crippen LogP contribution in [-0.4, -0.2) is 41.2 Å². The molecule has 0 amide bonds. The molecule has 0 spiro atoms. The lowest BCUT2D eigenvalue weighted by Gasteiger charge is -1.98. The zero-order valence-corrected chi connectivity index (χ0v) is 11.3. The quantitative estimate of drug-likeness (QED) is 0.831. The fraction of sp³-hybridized carbons (Fsp3) is 0.300. The molecule has 0 aliphatic carbocycles. The molecule has 1 N–H and O–H groups in total. The minimum absolute atomic E-state index is 0.0328. The summed E-state index contributed by atoms with van der Waals surface area (Å²) in [5, 5.41) is 0. The van der Waals surface area contributed by atoms with Gasteiger partial charge in [-0.2, -0.15) is 0 Å². The van der Waals surface area contributed by atoms with E-state index in [9.17, 15) is 16.8 Å². The van der Waals surface area contributed by atoms with Gasteiger partial charge in [-0.25, -0.2) is 16.8 Å². The monoisotopic (exact) mass is 288 g/mol. The van der Waals surface area contributed by atoms with E-state index in [4.69, 9.17) is 0 Å². The van der Waals surface area contributed by atoms with Gasteiger partial charge >= 0.3 is 0 Å². The minimum Gasteiger partial charge on any atom is -0.266 e. The van der Waals surface area contributed by atoms with E-state index in [0.717, 1.165) is 6.26 Å². The number of amidine groups is 1. The largest absolute Gasteiger partial charge is 0.266 e. The minimum atomic E-state index is -3.55. The average Bonchev–Trinajstić information content (AvgIpc) is 2.50. The molecule has 0 saturated heterocycles. The molecule has 1 aliphatic heterocycles. The van der Waals surface area contributed by atoms with Gasteiger partial charge in [0, 0.05) is 11.8 Å². The van der Waals surface area contributed by atoms with Crippen molar-refractivity contribution in [1.82, 2.24) is 4.72 Å². The maximum atomic E-state index is 11.7. The molecule has 0 fully saturated rings. The fourth-order valence-electron chi connectivity index (χ4n) is 1.57. The number of aliphatic imine (C=N–C) groups is 1. The SMILES string of the molecule is CS(=O)(=O)CCN=C1NS(=O)(=O)c2ccccc21. The summed E-state index contributed by atoms with van der Waals surface area (Å²) in [6.45, 7) is 0.0328. The van der Waals surface area contributed by atoms with Gasteiger partial charge in [0.15, 0.2) is 0 Å². The van der Waals surface area contributed by atoms with Gasteiger partial charge in [0.25, 0.3) is 10.0 Å². The van der Waals surface area contributed by atoms with E-state index >= 15 is 0 Å². The Bertz CT molecular complexity index is 705. The Morgan fingerprint density at radius 3 is 2.61 bits per heavy atom. The molecule has 1 heterocycles. The highest BCUT2D eigenvalue weighted by molar-refractivity contribution is 7.91. The van der Waals surface area contributed by atoms with Crippen LogP contribution in [0.2, 0.25) is 0 Å². The van der Waals surface area contributed by atoms with Crippen LogP contribution in [0.3, 0.4) is 0 Å². The third-order valence-corrected chi connectivity index (χ3v) is 4.72. The van der Waals surface area contributed by atoms with Crippen LogP contribution in [0.1, 0.15) is 5.56 Å². The number of sulfone groups is 1. The number of sulfonamides is 1. The van der Waals surface area contributed by atoms with Crippen molar-refractivity contribution < 1.29 is 16.8 Å². The summed E-state index contributed by atoms with van der Waals surface area (Å²) in [5.41, 5.74) is 0.478. The molecule has 0 atom stereocenters. The van der Waals surface area contributed by atoms with Crippen molar-refractivity contribution >= 4 is 25.7 Å². The molecule has 98 valence electrons. The molecule has 1 aromatic rings. The van der Waals surface area contributed by atoms with E-state index in [-0.39, 0.29) is 23.0 Å². The maximum absolute atomic E-state index is 11.7. The van der Waals surface area contributed by atoms with Gasteiger partial charge in [-0.1, -0.05) is 12.1 Å². The van der Waals surface area contributed by atoms with Crippen molar-refractivity contribution in [3.63, 3.8) is 0 Å². The molecule has 0 unspecified atom stereocenters. The van der Waals surface area contributed by atoms with Gasteiger partial charge in [0.05, 0.1) is 17.2 Å². The summed E-state index contributed by atoms with van der Waals surface area (Å²) in [4.78, 5) is 4.16. The smallest absolute Gasteiger partial charge is 0.263 e. The molecule has 6 nitrogen and oxygen atoms in total. The lowest BCUT2D eigenvalue weighted by Crippen LogP contribution is -2.23. The second kappa shape index (κ2) is 4.36. The third kappa shape index (κ3) is 2.70. The predicted octanol–water partition coefficient (Wildman–Crippen LogP) is -0.230. The topological polar surface area (TPSA) is 92.7 Å². The summed E-state index contributed by atoms with van der Waals surface area (Å²) >= 11 is 0. The Morgan fingerprint density at radius 2 is 1.94 bits per heavy atom. The molecule has 0 bridgehead atoms. The van der Waals surface area contributed by atoms with Crippen LogP contribution in [0, 0.1) is 0 Å². The fourth-order valence-corrected chi connectivity index (χ4v) is 3.25. The summed E-state index contributed by atoms with van der Waals surface area (Å²) in [5.74, 6) is 0.0923. The maximum Gasteiger partial charge on any atom is 0.263 e. The van der Waals surface area contributed by atoms with E-state index in [1.54, 1.807) is 18.2 Å². The van der Waals surface area contributed by atoms with Gasteiger partial charge < -0.3 is 0 Å². The lowest BCUT2D eigenvalue weighted by atomic mass is 10.2. The zero-order chi connectivity index (χ0) is 13.4. The number of rotatable bonds is 3. The Labute approximate surface area is 106 Å². The van der Waals surface area contributed by atoms with Gasteiger partial charge in [0.1, 0.15) is 15.7 Å². The predicted molar refractivity (Wildman–Crippen MR) is 67.9 cm³/mol. The second-order valence-electron chi connectivity index (χ2n) is 3.96. The molecule has 0 saturated carbocycles. The number of benzene rings is 1. The highest BCUT2D eigenvalue weighted by Crippen LogP contribution is 2.21. The summed E-state index contributed by atoms with van der Waals surface area (Å²) in [6, 6.07) is 6.44. The summed E-state index contributed by atoms with van der Waals surface area (Å²) in [7, 11) is -6.66. The molecule has 1 aromatic carbocycles. The van der Waals surface area contributed by atoms with E-state index in [2.05, 4.69) is 9.71 Å². The normalized spacial score (nSPS) is 19.5. The third-order valence-electron chi connectivity index (χ3n) is 2.39. The van der Waals surface area contributed by atoms with Gasteiger partial charge in [-0.05, 0) is 12.1 Å². The lowest BCUT2D eigenvalue weighted by molar-refractivity contribution is 0.595. The zero-order valence-electron chi connectivity index (χ0n) is 9.62. The second-order valence-corrected chi connectivity index (χ2v) is 7.87. The summed E-state index contributed by atoms with van der Waals surface area (Å²) in [6.07, 6.45) is 1.11. The Hall–Kier alpha value is -1.41. The van der Waals surface area contributed by atoms with E-state index in [1.165, 1.54) is 6.07 Å². The number of nitrogens with one attached hydrogen (secondary N) is 1.